The van der Waals surface area contributed by atoms with Crippen molar-refractivity contribution in [3.8, 4) is 11.4 Å². The van der Waals surface area contributed by atoms with Gasteiger partial charge in [0.1, 0.15) is 18.1 Å². The van der Waals surface area contributed by atoms with Gasteiger partial charge in [-0.15, -0.1) is 0 Å². The van der Waals surface area contributed by atoms with E-state index in [1.165, 1.54) is 0 Å². The van der Waals surface area contributed by atoms with Crippen LogP contribution in [0.2, 0.25) is 0 Å². The summed E-state index contributed by atoms with van der Waals surface area (Å²) in [5, 5.41) is 9.76. The van der Waals surface area contributed by atoms with Crippen LogP contribution in [0.25, 0.3) is 11.4 Å². The van der Waals surface area contributed by atoms with Gasteiger partial charge in [0.15, 0.2) is 0 Å². The molecule has 2 aromatic heterocycles. The van der Waals surface area contributed by atoms with E-state index in [-0.39, 0.29) is 29.7 Å². The Bertz CT molecular complexity index is 1080. The van der Waals surface area contributed by atoms with Crippen LogP contribution < -0.4 is 10.6 Å². The summed E-state index contributed by atoms with van der Waals surface area (Å²) in [4.78, 5) is 48.3. The molecular formula is C25H34N6O4. The smallest absolute Gasteiger partial charge is 0.325 e. The quantitative estimate of drug-likeness (QED) is 0.603. The number of nitrogens with one attached hydrogen (secondary N) is 2. The maximum absolute atomic E-state index is 13.3. The fourth-order valence-electron chi connectivity index (χ4n) is 4.99. The van der Waals surface area contributed by atoms with Gasteiger partial charge in [-0.25, -0.2) is 4.79 Å². The van der Waals surface area contributed by atoms with Crippen LogP contribution in [-0.4, -0.2) is 50.0 Å². The predicted octanol–water partition coefficient (Wildman–Crippen LogP) is 3.47. The molecule has 10 heteroatoms. The number of carbonyl (C=O) groups is 3. The number of imide groups is 1. The number of nitrogens with zero attached hydrogens (tertiary/aromatic N) is 4. The normalized spacial score (nSPS) is 23.6. The molecule has 2 aromatic rings. The Balaban J connectivity index is 1.41. The van der Waals surface area contributed by atoms with E-state index < -0.39 is 23.5 Å². The average Bonchev–Trinajstić information content (AvgIpc) is 3.37. The van der Waals surface area contributed by atoms with Crippen molar-refractivity contribution >= 4 is 17.8 Å². The van der Waals surface area contributed by atoms with Crippen molar-refractivity contribution in [2.45, 2.75) is 71.9 Å². The average molecular weight is 483 g/mol. The van der Waals surface area contributed by atoms with E-state index >= 15 is 0 Å². The third-order valence-corrected chi connectivity index (χ3v) is 7.24. The lowest BCUT2D eigenvalue weighted by atomic mass is 9.67. The first kappa shape index (κ1) is 24.8. The molecule has 0 radical (unpaired) electrons. The minimum absolute atomic E-state index is 0.0631. The van der Waals surface area contributed by atoms with E-state index in [0.717, 1.165) is 23.3 Å². The molecule has 188 valence electrons. The van der Waals surface area contributed by atoms with Gasteiger partial charge in [0.2, 0.25) is 17.6 Å². The first-order valence-corrected chi connectivity index (χ1v) is 12.2. The lowest BCUT2D eigenvalue weighted by Gasteiger charge is -2.40. The SMILES string of the molecule is CC(C)C(NC(=O)CN1C(=O)NC2(CCC(C(C)(C)C)CC2)C1=O)c1nc(-c2ccncc2)no1. The molecule has 10 nitrogen and oxygen atoms in total. The summed E-state index contributed by atoms with van der Waals surface area (Å²) in [6.07, 6.45) is 6.17. The summed E-state index contributed by atoms with van der Waals surface area (Å²) in [6, 6.07) is 2.45. The van der Waals surface area contributed by atoms with E-state index in [1.807, 2.05) is 13.8 Å². The van der Waals surface area contributed by atoms with Gasteiger partial charge >= 0.3 is 6.03 Å². The summed E-state index contributed by atoms with van der Waals surface area (Å²) in [6.45, 7) is 10.1. The van der Waals surface area contributed by atoms with Gasteiger partial charge in [-0.2, -0.15) is 4.98 Å². The minimum Gasteiger partial charge on any atom is -0.342 e. The Hall–Kier alpha value is -3.30. The molecule has 2 aliphatic rings. The lowest BCUT2D eigenvalue weighted by Crippen LogP contribution is -2.51. The third kappa shape index (κ3) is 5.06. The van der Waals surface area contributed by atoms with Crippen molar-refractivity contribution in [2.24, 2.45) is 17.3 Å². The molecule has 35 heavy (non-hydrogen) atoms. The Kier molecular flexibility index (Phi) is 6.66. The number of pyridine rings is 1. The van der Waals surface area contributed by atoms with Crippen molar-refractivity contribution in [1.29, 1.82) is 0 Å². The van der Waals surface area contributed by atoms with Crippen LogP contribution in [0.5, 0.6) is 0 Å². The number of amides is 4. The van der Waals surface area contributed by atoms with Gasteiger partial charge in [0.25, 0.3) is 5.91 Å². The standard InChI is InChI=1S/C25H34N6O4/c1-15(2)19(21-28-20(30-35-21)16-8-12-26-13-9-16)27-18(32)14-31-22(33)25(29-23(31)34)10-6-17(7-11-25)24(3,4)5/h8-9,12-13,15,17,19H,6-7,10-11,14H2,1-5H3,(H,27,32)(H,29,34). The molecule has 0 aromatic carbocycles. The molecular weight excluding hydrogens is 448 g/mol. The molecule has 1 atom stereocenters. The molecule has 0 bridgehead atoms. The van der Waals surface area contributed by atoms with Crippen LogP contribution in [0.1, 0.15) is 72.2 Å². The van der Waals surface area contributed by atoms with Crippen molar-refractivity contribution < 1.29 is 18.9 Å². The summed E-state index contributed by atoms with van der Waals surface area (Å²) >= 11 is 0. The second-order valence-corrected chi connectivity index (χ2v) is 11.0. The number of carbonyl (C=O) groups excluding carboxylic acids is 3. The third-order valence-electron chi connectivity index (χ3n) is 7.24. The molecule has 1 aliphatic carbocycles. The Labute approximate surface area is 205 Å². The second-order valence-electron chi connectivity index (χ2n) is 11.0. The van der Waals surface area contributed by atoms with E-state index in [1.54, 1.807) is 24.5 Å². The Morgan fingerprint density at radius 1 is 1.23 bits per heavy atom. The first-order valence-electron chi connectivity index (χ1n) is 12.2. The molecule has 1 saturated heterocycles. The first-order chi connectivity index (χ1) is 16.5. The molecule has 2 N–H and O–H groups in total. The van der Waals surface area contributed by atoms with Crippen molar-refractivity contribution in [2.75, 3.05) is 6.54 Å². The topological polar surface area (TPSA) is 130 Å². The van der Waals surface area contributed by atoms with Crippen molar-refractivity contribution in [1.82, 2.24) is 30.7 Å². The molecule has 1 unspecified atom stereocenters. The maximum atomic E-state index is 13.3. The number of urea groups is 1. The zero-order valence-electron chi connectivity index (χ0n) is 21.0. The van der Waals surface area contributed by atoms with Crippen LogP contribution in [0, 0.1) is 17.3 Å². The van der Waals surface area contributed by atoms with Crippen LogP contribution in [0.4, 0.5) is 4.79 Å². The number of rotatable bonds is 6. The zero-order chi connectivity index (χ0) is 25.4. The van der Waals surface area contributed by atoms with Crippen LogP contribution in [-0.2, 0) is 9.59 Å². The van der Waals surface area contributed by atoms with E-state index in [9.17, 15) is 14.4 Å². The van der Waals surface area contributed by atoms with Gasteiger partial charge < -0.3 is 15.2 Å². The zero-order valence-corrected chi connectivity index (χ0v) is 21.0. The fraction of sp³-hybridized carbons (Fsp3) is 0.600. The molecule has 4 rings (SSSR count). The predicted molar refractivity (Wildman–Crippen MR) is 128 cm³/mol. The van der Waals surface area contributed by atoms with Crippen molar-refractivity contribution in [3.05, 3.63) is 30.4 Å². The highest BCUT2D eigenvalue weighted by molar-refractivity contribution is 6.09. The summed E-state index contributed by atoms with van der Waals surface area (Å²) in [5.74, 6) is 0.305. The monoisotopic (exact) mass is 482 g/mol. The van der Waals surface area contributed by atoms with Crippen LogP contribution in [0.3, 0.4) is 0 Å². The second kappa shape index (κ2) is 9.39. The highest BCUT2D eigenvalue weighted by Gasteiger charge is 2.53. The van der Waals surface area contributed by atoms with Gasteiger partial charge in [0.05, 0.1) is 0 Å². The molecule has 3 heterocycles. The summed E-state index contributed by atoms with van der Waals surface area (Å²) in [7, 11) is 0. The number of aromatic nitrogens is 3. The molecule has 1 saturated carbocycles. The fourth-order valence-corrected chi connectivity index (χ4v) is 4.99. The molecule has 1 spiro atoms. The molecule has 2 fully saturated rings. The summed E-state index contributed by atoms with van der Waals surface area (Å²) < 4.78 is 5.43. The molecule has 4 amide bonds. The molecule has 1 aliphatic heterocycles. The van der Waals surface area contributed by atoms with Gasteiger partial charge in [-0.05, 0) is 55.1 Å². The minimum atomic E-state index is -0.900. The largest absolute Gasteiger partial charge is 0.342 e. The highest BCUT2D eigenvalue weighted by atomic mass is 16.5. The van der Waals surface area contributed by atoms with E-state index in [2.05, 4.69) is 46.5 Å². The summed E-state index contributed by atoms with van der Waals surface area (Å²) in [5.41, 5.74) is 0.00219. The van der Waals surface area contributed by atoms with Crippen LogP contribution >= 0.6 is 0 Å². The maximum Gasteiger partial charge on any atom is 0.325 e. The van der Waals surface area contributed by atoms with Crippen LogP contribution in [0.15, 0.2) is 29.0 Å². The van der Waals surface area contributed by atoms with E-state index in [4.69, 9.17) is 4.52 Å². The van der Waals surface area contributed by atoms with Gasteiger partial charge in [-0.3, -0.25) is 19.5 Å². The number of hydrogen-bond donors (Lipinski definition) is 2. The number of hydrogen-bond acceptors (Lipinski definition) is 7. The van der Waals surface area contributed by atoms with Crippen molar-refractivity contribution in [3.63, 3.8) is 0 Å². The Morgan fingerprint density at radius 3 is 2.49 bits per heavy atom. The Morgan fingerprint density at radius 2 is 1.89 bits per heavy atom. The van der Waals surface area contributed by atoms with Gasteiger partial charge in [0, 0.05) is 18.0 Å². The van der Waals surface area contributed by atoms with E-state index in [0.29, 0.717) is 24.6 Å². The lowest BCUT2D eigenvalue weighted by molar-refractivity contribution is -0.136. The van der Waals surface area contributed by atoms with Gasteiger partial charge in [-0.1, -0.05) is 39.8 Å². The highest BCUT2D eigenvalue weighted by Crippen LogP contribution is 2.43.